The van der Waals surface area contributed by atoms with Crippen molar-refractivity contribution in [3.8, 4) is 0 Å². The number of ether oxygens (including phenoxy) is 1. The van der Waals surface area contributed by atoms with Crippen LogP contribution in [0.4, 0.5) is 0 Å². The lowest BCUT2D eigenvalue weighted by atomic mass is 10.3. The van der Waals surface area contributed by atoms with Crippen molar-refractivity contribution in [3.63, 3.8) is 0 Å². The zero-order chi connectivity index (χ0) is 15.4. The molecular weight excluding hydrogens is 308 g/mol. The van der Waals surface area contributed by atoms with Gasteiger partial charge in [0.25, 0.3) is 20.2 Å². The molecule has 0 saturated carbocycles. The van der Waals surface area contributed by atoms with E-state index in [2.05, 4.69) is 11.3 Å². The highest BCUT2D eigenvalue weighted by Crippen LogP contribution is 2.15. The monoisotopic (exact) mass is 318 g/mol. The Morgan fingerprint density at radius 2 is 1.53 bits per heavy atom. The van der Waals surface area contributed by atoms with Gasteiger partial charge in [0.1, 0.15) is 6.61 Å². The summed E-state index contributed by atoms with van der Waals surface area (Å²) in [4.78, 5) is 22.0. The third kappa shape index (κ3) is 4.94. The van der Waals surface area contributed by atoms with Crippen molar-refractivity contribution in [2.24, 2.45) is 0 Å². The molecule has 10 nitrogen and oxygen atoms in total. The molecule has 0 aliphatic heterocycles. The zero-order valence-electron chi connectivity index (χ0n) is 9.16. The highest BCUT2D eigenvalue weighted by molar-refractivity contribution is 7.91. The van der Waals surface area contributed by atoms with Gasteiger partial charge in [-0.25, -0.2) is 0 Å². The first-order chi connectivity index (χ1) is 8.42. The minimum absolute atomic E-state index is 0.553. The molecule has 110 valence electrons. The van der Waals surface area contributed by atoms with Crippen LogP contribution in [0.2, 0.25) is 0 Å². The van der Waals surface area contributed by atoms with Crippen LogP contribution in [-0.4, -0.2) is 60.1 Å². The number of carbonyl (C=O) groups excluding carboxylic acids is 1. The van der Waals surface area contributed by atoms with Crippen LogP contribution in [-0.2, 0) is 34.6 Å². The van der Waals surface area contributed by atoms with Crippen LogP contribution in [0.3, 0.4) is 0 Å². The van der Waals surface area contributed by atoms with Gasteiger partial charge in [0.15, 0.2) is 0 Å². The SMILES string of the molecule is C=CCOC(=O)C(C(C(=O)O)S(=O)(=O)O)S(=O)(=O)O. The summed E-state index contributed by atoms with van der Waals surface area (Å²) in [7, 11) is -10.9. The summed E-state index contributed by atoms with van der Waals surface area (Å²) in [5.74, 6) is -4.20. The number of hydrogen-bond acceptors (Lipinski definition) is 7. The molecule has 0 aliphatic rings. The molecule has 0 aromatic heterocycles. The molecular formula is C7H10O10S2. The van der Waals surface area contributed by atoms with E-state index in [9.17, 15) is 26.4 Å². The van der Waals surface area contributed by atoms with Gasteiger partial charge in [-0.3, -0.25) is 18.7 Å². The van der Waals surface area contributed by atoms with Crippen molar-refractivity contribution < 1.29 is 45.4 Å². The van der Waals surface area contributed by atoms with E-state index in [1.807, 2.05) is 0 Å². The maximum Gasteiger partial charge on any atom is 0.329 e. The second kappa shape index (κ2) is 6.10. The van der Waals surface area contributed by atoms with Gasteiger partial charge < -0.3 is 9.84 Å². The topological polar surface area (TPSA) is 172 Å². The van der Waals surface area contributed by atoms with Gasteiger partial charge in [0.05, 0.1) is 0 Å². The average molecular weight is 318 g/mol. The molecule has 0 aromatic carbocycles. The molecule has 19 heavy (non-hydrogen) atoms. The summed E-state index contributed by atoms with van der Waals surface area (Å²) < 4.78 is 65.0. The standard InChI is InChI=1S/C7H10O10S2/c1-2-3-17-7(10)5(19(14,15)16)4(6(8)9)18(11,12)13/h2,4-5H,1,3H2,(H,8,9)(H,11,12,13)(H,14,15,16). The van der Waals surface area contributed by atoms with Crippen molar-refractivity contribution in [1.29, 1.82) is 0 Å². The van der Waals surface area contributed by atoms with Gasteiger partial charge in [-0.15, -0.1) is 0 Å². The fraction of sp³-hybridized carbons (Fsp3) is 0.429. The quantitative estimate of drug-likeness (QED) is 0.279. The number of carboxylic acids is 1. The molecule has 0 spiro atoms. The molecule has 0 bridgehead atoms. The smallest absolute Gasteiger partial charge is 0.329 e. The van der Waals surface area contributed by atoms with E-state index in [1.165, 1.54) is 0 Å². The maximum absolute atomic E-state index is 11.3. The van der Waals surface area contributed by atoms with Crippen LogP contribution in [0.1, 0.15) is 0 Å². The molecule has 0 saturated heterocycles. The van der Waals surface area contributed by atoms with Crippen molar-refractivity contribution in [1.82, 2.24) is 0 Å². The number of carbonyl (C=O) groups is 2. The first kappa shape index (κ1) is 17.5. The summed E-state index contributed by atoms with van der Waals surface area (Å²) in [5, 5.41) is 2.45. The average Bonchev–Trinajstić information content (AvgIpc) is 2.18. The highest BCUT2D eigenvalue weighted by Gasteiger charge is 2.51. The van der Waals surface area contributed by atoms with Crippen molar-refractivity contribution in [3.05, 3.63) is 12.7 Å². The second-order valence-electron chi connectivity index (χ2n) is 3.13. The first-order valence-corrected chi connectivity index (χ1v) is 7.36. The van der Waals surface area contributed by atoms with Crippen molar-refractivity contribution >= 4 is 32.2 Å². The minimum Gasteiger partial charge on any atom is -0.480 e. The molecule has 2 atom stereocenters. The van der Waals surface area contributed by atoms with Crippen LogP contribution < -0.4 is 0 Å². The van der Waals surface area contributed by atoms with E-state index in [4.69, 9.17) is 14.2 Å². The highest BCUT2D eigenvalue weighted by atomic mass is 32.2. The molecule has 0 aliphatic carbocycles. The van der Waals surface area contributed by atoms with E-state index in [1.54, 1.807) is 0 Å². The fourth-order valence-corrected chi connectivity index (χ4v) is 3.30. The molecule has 0 aromatic rings. The lowest BCUT2D eigenvalue weighted by molar-refractivity contribution is -0.146. The molecule has 12 heteroatoms. The van der Waals surface area contributed by atoms with E-state index in [-0.39, 0.29) is 0 Å². The normalized spacial score (nSPS) is 15.3. The predicted octanol–water partition coefficient (Wildman–Crippen LogP) is -1.69. The van der Waals surface area contributed by atoms with Crippen LogP contribution in [0.5, 0.6) is 0 Å². The maximum atomic E-state index is 11.3. The zero-order valence-corrected chi connectivity index (χ0v) is 10.8. The second-order valence-corrected chi connectivity index (χ2v) is 6.20. The Bertz CT molecular complexity index is 571. The Morgan fingerprint density at radius 1 is 1.11 bits per heavy atom. The largest absolute Gasteiger partial charge is 0.480 e. The van der Waals surface area contributed by atoms with Crippen molar-refractivity contribution in [2.75, 3.05) is 6.61 Å². The first-order valence-electron chi connectivity index (χ1n) is 4.36. The summed E-state index contributed by atoms with van der Waals surface area (Å²) in [6.45, 7) is 2.56. The summed E-state index contributed by atoms with van der Waals surface area (Å²) >= 11 is 0. The predicted molar refractivity (Wildman–Crippen MR) is 59.5 cm³/mol. The van der Waals surface area contributed by atoms with E-state index < -0.39 is 49.3 Å². The Kier molecular flexibility index (Phi) is 5.62. The molecule has 2 unspecified atom stereocenters. The Hall–Kier alpha value is -1.50. The van der Waals surface area contributed by atoms with E-state index in [0.29, 0.717) is 0 Å². The van der Waals surface area contributed by atoms with Crippen LogP contribution >= 0.6 is 0 Å². The van der Waals surface area contributed by atoms with Crippen LogP contribution in [0, 0.1) is 0 Å². The lowest BCUT2D eigenvalue weighted by Crippen LogP contribution is -2.50. The Morgan fingerprint density at radius 3 is 1.79 bits per heavy atom. The van der Waals surface area contributed by atoms with Gasteiger partial charge in [-0.05, 0) is 0 Å². The van der Waals surface area contributed by atoms with E-state index >= 15 is 0 Å². The molecule has 0 fully saturated rings. The molecule has 0 rings (SSSR count). The summed E-state index contributed by atoms with van der Waals surface area (Å²) in [6, 6.07) is 0. The van der Waals surface area contributed by atoms with Gasteiger partial charge in [0.2, 0.25) is 10.5 Å². The summed E-state index contributed by atoms with van der Waals surface area (Å²) in [6.07, 6.45) is 0.988. The lowest BCUT2D eigenvalue weighted by Gasteiger charge is -2.17. The molecule has 0 radical (unpaired) electrons. The third-order valence-corrected chi connectivity index (χ3v) is 4.13. The number of hydrogen-bond donors (Lipinski definition) is 3. The van der Waals surface area contributed by atoms with Gasteiger partial charge in [-0.1, -0.05) is 12.7 Å². The Balaban J connectivity index is 5.79. The number of aliphatic carboxylic acids is 1. The Labute approximate surface area is 108 Å². The van der Waals surface area contributed by atoms with Crippen LogP contribution in [0.15, 0.2) is 12.7 Å². The molecule has 3 N–H and O–H groups in total. The van der Waals surface area contributed by atoms with Crippen LogP contribution in [0.25, 0.3) is 0 Å². The third-order valence-electron chi connectivity index (χ3n) is 1.74. The van der Waals surface area contributed by atoms with Crippen molar-refractivity contribution in [2.45, 2.75) is 10.5 Å². The number of rotatable bonds is 7. The molecule has 0 heterocycles. The summed E-state index contributed by atoms with van der Waals surface area (Å²) in [5.41, 5.74) is 0. The van der Waals surface area contributed by atoms with Gasteiger partial charge >= 0.3 is 11.9 Å². The van der Waals surface area contributed by atoms with Gasteiger partial charge in [0, 0.05) is 0 Å². The molecule has 0 amide bonds. The fourth-order valence-electron chi connectivity index (χ4n) is 1.04. The minimum atomic E-state index is -5.48. The number of carboxylic acid groups (broad SMARTS) is 1. The van der Waals surface area contributed by atoms with E-state index in [0.717, 1.165) is 6.08 Å². The van der Waals surface area contributed by atoms with Gasteiger partial charge in [-0.2, -0.15) is 16.8 Å². The number of esters is 1.